The zero-order valence-corrected chi connectivity index (χ0v) is 43.4. The average molecular weight is 905 g/mol. The van der Waals surface area contributed by atoms with Crippen LogP contribution in [-0.4, -0.2) is 46.9 Å². The maximum Gasteiger partial charge on any atom is 0.306 e. The Kier molecular flexibility index (Phi) is 51.4. The molecule has 0 radical (unpaired) electrons. The van der Waals surface area contributed by atoms with Gasteiger partial charge in [0.1, 0.15) is 6.10 Å². The molecule has 0 saturated carbocycles. The predicted molar refractivity (Wildman–Crippen MR) is 278 cm³/mol. The Morgan fingerprint density at radius 3 is 1.11 bits per heavy atom. The number of nitrogens with one attached hydrogen (secondary N) is 1. The quantitative estimate of drug-likeness (QED) is 0.0321. The summed E-state index contributed by atoms with van der Waals surface area (Å²) < 4.78 is 5.95. The Morgan fingerprint density at radius 1 is 0.438 bits per heavy atom. The molecule has 0 fully saturated rings. The molecule has 0 aliphatic rings. The van der Waals surface area contributed by atoms with Crippen LogP contribution in [0.15, 0.2) is 12.2 Å². The van der Waals surface area contributed by atoms with Crippen molar-refractivity contribution < 1.29 is 24.5 Å². The molecule has 3 unspecified atom stereocenters. The highest BCUT2D eigenvalue weighted by Gasteiger charge is 2.24. The third-order valence-corrected chi connectivity index (χ3v) is 13.6. The molecule has 0 heterocycles. The molecule has 0 spiro atoms. The lowest BCUT2D eigenvalue weighted by Gasteiger charge is -2.24. The summed E-state index contributed by atoms with van der Waals surface area (Å²) >= 11 is 0. The number of aliphatic hydroxyl groups is 2. The molecular formula is C58H113NO5. The number of aliphatic hydroxyl groups excluding tert-OH is 2. The Labute approximate surface area is 399 Å². The van der Waals surface area contributed by atoms with Crippen LogP contribution in [0.2, 0.25) is 0 Å². The van der Waals surface area contributed by atoms with Gasteiger partial charge in [0.2, 0.25) is 5.91 Å². The number of allylic oxidation sites excluding steroid dienone is 2. The fourth-order valence-electron chi connectivity index (χ4n) is 9.19. The number of esters is 1. The van der Waals surface area contributed by atoms with Crippen LogP contribution in [0.25, 0.3) is 0 Å². The molecule has 0 bridgehead atoms. The monoisotopic (exact) mass is 904 g/mol. The van der Waals surface area contributed by atoms with Crippen LogP contribution in [0, 0.1) is 0 Å². The molecule has 6 nitrogen and oxygen atoms in total. The number of ether oxygens (including phenoxy) is 1. The summed E-state index contributed by atoms with van der Waals surface area (Å²) in [6, 6.07) is -0.698. The molecule has 0 aromatic heterocycles. The van der Waals surface area contributed by atoms with Crippen molar-refractivity contribution >= 4 is 11.9 Å². The Balaban J connectivity index is 4.51. The summed E-state index contributed by atoms with van der Waals surface area (Å²) in [6.45, 7) is 6.52. The largest absolute Gasteiger partial charge is 0.462 e. The lowest BCUT2D eigenvalue weighted by Crippen LogP contribution is -2.46. The van der Waals surface area contributed by atoms with Crippen molar-refractivity contribution in [2.75, 3.05) is 6.61 Å². The number of hydrogen-bond acceptors (Lipinski definition) is 5. The topological polar surface area (TPSA) is 95.9 Å². The van der Waals surface area contributed by atoms with E-state index < -0.39 is 18.2 Å². The molecule has 64 heavy (non-hydrogen) atoms. The maximum atomic E-state index is 13.3. The average Bonchev–Trinajstić information content (AvgIpc) is 3.29. The molecule has 3 N–H and O–H groups in total. The molecule has 3 atom stereocenters. The van der Waals surface area contributed by atoms with Crippen LogP contribution in [0.1, 0.15) is 323 Å². The Hall–Kier alpha value is -1.40. The van der Waals surface area contributed by atoms with E-state index in [1.807, 2.05) is 0 Å². The van der Waals surface area contributed by atoms with E-state index in [4.69, 9.17) is 4.74 Å². The first-order valence-corrected chi connectivity index (χ1v) is 28.9. The zero-order valence-electron chi connectivity index (χ0n) is 43.4. The molecule has 0 aliphatic carbocycles. The van der Waals surface area contributed by atoms with Crippen molar-refractivity contribution in [1.82, 2.24) is 5.32 Å². The summed E-state index contributed by atoms with van der Waals surface area (Å²) in [6.07, 6.45) is 59.9. The lowest BCUT2D eigenvalue weighted by molar-refractivity contribution is -0.151. The third-order valence-electron chi connectivity index (χ3n) is 13.6. The van der Waals surface area contributed by atoms with Crippen molar-refractivity contribution in [2.24, 2.45) is 0 Å². The highest BCUT2D eigenvalue weighted by atomic mass is 16.5. The van der Waals surface area contributed by atoms with E-state index in [0.29, 0.717) is 19.3 Å². The van der Waals surface area contributed by atoms with Gasteiger partial charge in [-0.3, -0.25) is 9.59 Å². The first-order valence-electron chi connectivity index (χ1n) is 28.9. The Morgan fingerprint density at radius 2 is 0.750 bits per heavy atom. The summed E-state index contributed by atoms with van der Waals surface area (Å²) in [7, 11) is 0. The minimum absolute atomic E-state index is 0.0795. The van der Waals surface area contributed by atoms with Gasteiger partial charge in [0.15, 0.2) is 0 Å². The van der Waals surface area contributed by atoms with Crippen LogP contribution >= 0.6 is 0 Å². The molecule has 0 aromatic rings. The van der Waals surface area contributed by atoms with Crippen molar-refractivity contribution in [3.05, 3.63) is 12.2 Å². The number of carbonyl (C=O) groups excluding carboxylic acids is 2. The van der Waals surface area contributed by atoms with Gasteiger partial charge in [-0.2, -0.15) is 0 Å². The van der Waals surface area contributed by atoms with E-state index in [9.17, 15) is 19.8 Å². The van der Waals surface area contributed by atoms with Crippen molar-refractivity contribution in [3.63, 3.8) is 0 Å². The number of unbranched alkanes of at least 4 members (excludes halogenated alkanes) is 39. The SMILES string of the molecule is CCCCCCCC/C=C\CCCCCC(=O)OC(CCCCCCCCCCCCCCCCCCC)CC(=O)NC(CO)C(O)CCCCCCCCCCCCCCCCC. The predicted octanol–water partition coefficient (Wildman–Crippen LogP) is 17.7. The molecule has 6 heteroatoms. The molecular weight excluding hydrogens is 791 g/mol. The second-order valence-corrected chi connectivity index (χ2v) is 20.1. The van der Waals surface area contributed by atoms with Crippen LogP contribution in [0.5, 0.6) is 0 Å². The first-order chi connectivity index (χ1) is 31.5. The van der Waals surface area contributed by atoms with E-state index in [1.54, 1.807) is 0 Å². The minimum atomic E-state index is -0.785. The van der Waals surface area contributed by atoms with E-state index in [-0.39, 0.29) is 24.9 Å². The highest BCUT2D eigenvalue weighted by Crippen LogP contribution is 2.19. The second kappa shape index (κ2) is 52.6. The molecule has 380 valence electrons. The first kappa shape index (κ1) is 62.6. The minimum Gasteiger partial charge on any atom is -0.462 e. The van der Waals surface area contributed by atoms with Gasteiger partial charge in [0.25, 0.3) is 0 Å². The van der Waals surface area contributed by atoms with Gasteiger partial charge in [-0.15, -0.1) is 0 Å². The van der Waals surface area contributed by atoms with Gasteiger partial charge in [-0.1, -0.05) is 270 Å². The van der Waals surface area contributed by atoms with Crippen LogP contribution < -0.4 is 5.32 Å². The molecule has 0 rings (SSSR count). The summed E-state index contributed by atoms with van der Waals surface area (Å²) in [5.41, 5.74) is 0. The molecule has 0 aliphatic heterocycles. The smallest absolute Gasteiger partial charge is 0.306 e. The Bertz CT molecular complexity index is 970. The molecule has 0 aromatic carbocycles. The van der Waals surface area contributed by atoms with E-state index >= 15 is 0 Å². The fraction of sp³-hybridized carbons (Fsp3) is 0.931. The van der Waals surface area contributed by atoms with E-state index in [1.165, 1.54) is 225 Å². The normalized spacial score (nSPS) is 13.1. The summed E-state index contributed by atoms with van der Waals surface area (Å²) in [5.74, 6) is -0.470. The second-order valence-electron chi connectivity index (χ2n) is 20.1. The van der Waals surface area contributed by atoms with E-state index in [2.05, 4.69) is 38.2 Å². The molecule has 1 amide bonds. The van der Waals surface area contributed by atoms with E-state index in [0.717, 1.165) is 51.4 Å². The number of amides is 1. The summed E-state index contributed by atoms with van der Waals surface area (Å²) in [4.78, 5) is 26.2. The fourth-order valence-corrected chi connectivity index (χ4v) is 9.19. The van der Waals surface area contributed by atoms with Gasteiger partial charge < -0.3 is 20.3 Å². The maximum absolute atomic E-state index is 13.3. The number of carbonyl (C=O) groups is 2. The van der Waals surface area contributed by atoms with Gasteiger partial charge in [-0.05, 0) is 51.4 Å². The summed E-state index contributed by atoms with van der Waals surface area (Å²) in [5, 5.41) is 23.9. The van der Waals surface area contributed by atoms with Crippen molar-refractivity contribution in [3.8, 4) is 0 Å². The highest BCUT2D eigenvalue weighted by molar-refractivity contribution is 5.77. The lowest BCUT2D eigenvalue weighted by atomic mass is 10.0. The number of hydrogen-bond donors (Lipinski definition) is 3. The van der Waals surface area contributed by atoms with Crippen molar-refractivity contribution in [2.45, 2.75) is 341 Å². The van der Waals surface area contributed by atoms with Gasteiger partial charge in [0.05, 0.1) is 25.2 Å². The van der Waals surface area contributed by atoms with Gasteiger partial charge in [-0.25, -0.2) is 0 Å². The van der Waals surface area contributed by atoms with Crippen LogP contribution in [-0.2, 0) is 14.3 Å². The van der Waals surface area contributed by atoms with Crippen LogP contribution in [0.3, 0.4) is 0 Å². The van der Waals surface area contributed by atoms with Gasteiger partial charge >= 0.3 is 5.97 Å². The standard InChI is InChI=1S/C58H113NO5/c1-4-7-10-13-16-19-22-25-27-28-30-32-34-37-40-43-46-49-54(64-58(63)51-48-45-42-39-36-31-24-21-18-15-12-9-6-3)52-57(62)59-55(53-60)56(61)50-47-44-41-38-35-33-29-26-23-20-17-14-11-8-5-2/h31,36,54-56,60-61H,4-30,32-35,37-53H2,1-3H3,(H,59,62)/b36-31-. The zero-order chi connectivity index (χ0) is 46.7. The third kappa shape index (κ3) is 47.1. The van der Waals surface area contributed by atoms with Crippen LogP contribution in [0.4, 0.5) is 0 Å². The van der Waals surface area contributed by atoms with Gasteiger partial charge in [0, 0.05) is 6.42 Å². The van der Waals surface area contributed by atoms with Crippen molar-refractivity contribution in [1.29, 1.82) is 0 Å². The molecule has 0 saturated heterocycles. The number of rotatable bonds is 53.